The van der Waals surface area contributed by atoms with E-state index in [-0.39, 0.29) is 0 Å². The highest BCUT2D eigenvalue weighted by Crippen LogP contribution is 2.91. The second-order valence-electron chi connectivity index (χ2n) is 5.45. The first-order valence-corrected chi connectivity index (χ1v) is 4.97. The monoisotopic (exact) mass is 132 g/mol. The van der Waals surface area contributed by atoms with Gasteiger partial charge >= 0.3 is 0 Å². The molecule has 0 aliphatic heterocycles. The first kappa shape index (κ1) is 4.13. The van der Waals surface area contributed by atoms with Crippen molar-refractivity contribution in [3.05, 3.63) is 0 Å². The third kappa shape index (κ3) is 0.222. The normalized spacial score (nSPS) is 91.2. The Hall–Kier alpha value is 0. The van der Waals surface area contributed by atoms with Gasteiger partial charge in [-0.05, 0) is 60.2 Å². The quantitative estimate of drug-likeness (QED) is 0.471. The van der Waals surface area contributed by atoms with Crippen LogP contribution in [0.1, 0.15) is 12.8 Å². The van der Waals surface area contributed by atoms with E-state index in [1.807, 2.05) is 0 Å². The van der Waals surface area contributed by atoms with E-state index in [1.165, 1.54) is 47.3 Å². The summed E-state index contributed by atoms with van der Waals surface area (Å²) in [7, 11) is 0. The van der Waals surface area contributed by atoms with E-state index in [2.05, 4.69) is 0 Å². The number of rotatable bonds is 0. The van der Waals surface area contributed by atoms with Gasteiger partial charge in [0, 0.05) is 0 Å². The highest BCUT2D eigenvalue weighted by atomic mass is 14.9. The predicted octanol–water partition coefficient (Wildman–Crippen LogP) is 1.76. The predicted molar refractivity (Wildman–Crippen MR) is 37.2 cm³/mol. The fraction of sp³-hybridized carbons (Fsp3) is 1.00. The summed E-state index contributed by atoms with van der Waals surface area (Å²) >= 11 is 0. The molecule has 0 N–H and O–H groups in total. The Morgan fingerprint density at radius 1 is 0.600 bits per heavy atom. The van der Waals surface area contributed by atoms with Crippen molar-refractivity contribution in [3.8, 4) is 0 Å². The van der Waals surface area contributed by atoms with Crippen molar-refractivity contribution in [2.75, 3.05) is 0 Å². The lowest BCUT2D eigenvalue weighted by molar-refractivity contribution is 0.383. The van der Waals surface area contributed by atoms with Gasteiger partial charge in [-0.25, -0.2) is 0 Å². The van der Waals surface area contributed by atoms with Gasteiger partial charge in [0.25, 0.3) is 0 Å². The van der Waals surface area contributed by atoms with Crippen LogP contribution in [0, 0.1) is 47.3 Å². The lowest BCUT2D eigenvalue weighted by Gasteiger charge is -2.09. The third-order valence-corrected chi connectivity index (χ3v) is 5.42. The van der Waals surface area contributed by atoms with Crippen LogP contribution in [-0.4, -0.2) is 0 Å². The maximum atomic E-state index is 1.67. The van der Waals surface area contributed by atoms with Crippen LogP contribution in [0.15, 0.2) is 0 Å². The zero-order chi connectivity index (χ0) is 6.03. The van der Waals surface area contributed by atoms with E-state index in [0.29, 0.717) is 0 Å². The molecule has 6 aliphatic rings. The Labute approximate surface area is 61.0 Å². The second kappa shape index (κ2) is 0.852. The smallest absolute Gasteiger partial charge is 0.0312 e. The average molecular weight is 132 g/mol. The van der Waals surface area contributed by atoms with E-state index in [1.54, 1.807) is 12.8 Å². The van der Waals surface area contributed by atoms with Crippen LogP contribution in [0.2, 0.25) is 0 Å². The lowest BCUT2D eigenvalue weighted by atomic mass is 9.95. The van der Waals surface area contributed by atoms with Gasteiger partial charge in [0.1, 0.15) is 0 Å². The van der Waals surface area contributed by atoms with Crippen molar-refractivity contribution >= 4 is 0 Å². The molecular formula is C10H12. The van der Waals surface area contributed by atoms with Crippen molar-refractivity contribution in [2.45, 2.75) is 12.8 Å². The molecule has 0 aromatic carbocycles. The molecule has 0 heterocycles. The molecule has 0 radical (unpaired) electrons. The molecule has 0 saturated heterocycles. The molecule has 6 rings (SSSR count). The number of hydrogen-bond acceptors (Lipinski definition) is 0. The molecule has 6 fully saturated rings. The standard InChI is InChI=1S/C10H12/c1-3-2-5-6(4(1)3)8-9-7(5)10(8)9/h3-10H,1-2H2. The van der Waals surface area contributed by atoms with E-state index in [4.69, 9.17) is 0 Å². The summed E-state index contributed by atoms with van der Waals surface area (Å²) in [4.78, 5) is 0. The van der Waals surface area contributed by atoms with Gasteiger partial charge in [-0.2, -0.15) is 0 Å². The molecule has 6 aliphatic carbocycles. The number of hydrogen-bond donors (Lipinski definition) is 0. The van der Waals surface area contributed by atoms with Crippen LogP contribution >= 0.6 is 0 Å². The SMILES string of the molecule is C1C2CC3C(C12)C1C2C3C12. The first-order valence-electron chi connectivity index (χ1n) is 4.97. The van der Waals surface area contributed by atoms with Crippen molar-refractivity contribution in [2.24, 2.45) is 47.3 Å². The number of fused-ring (bicyclic) bond motifs is 1. The Balaban J connectivity index is 1.74. The van der Waals surface area contributed by atoms with Crippen LogP contribution in [0.5, 0.6) is 0 Å². The summed E-state index contributed by atoms with van der Waals surface area (Å²) in [6, 6.07) is 0. The fourth-order valence-corrected chi connectivity index (χ4v) is 5.04. The molecule has 6 saturated carbocycles. The Bertz CT molecular complexity index is 230. The van der Waals surface area contributed by atoms with Gasteiger partial charge in [-0.1, -0.05) is 0 Å². The molecule has 6 atom stereocenters. The van der Waals surface area contributed by atoms with Gasteiger partial charge in [0.2, 0.25) is 0 Å². The van der Waals surface area contributed by atoms with Crippen molar-refractivity contribution in [1.29, 1.82) is 0 Å². The minimum absolute atomic E-state index is 1.25. The van der Waals surface area contributed by atoms with Crippen LogP contribution < -0.4 is 0 Å². The molecule has 0 aromatic heterocycles. The Morgan fingerprint density at radius 2 is 1.30 bits per heavy atom. The van der Waals surface area contributed by atoms with E-state index in [0.717, 1.165) is 0 Å². The molecule has 2 bridgehead atoms. The second-order valence-corrected chi connectivity index (χ2v) is 5.45. The molecular weight excluding hydrogens is 120 g/mol. The summed E-state index contributed by atoms with van der Waals surface area (Å²) in [5.74, 6) is 10.4. The summed E-state index contributed by atoms with van der Waals surface area (Å²) in [5.41, 5.74) is 0. The molecule has 0 aromatic rings. The molecule has 52 valence electrons. The first-order chi connectivity index (χ1) is 4.97. The summed E-state index contributed by atoms with van der Waals surface area (Å²) in [6.07, 6.45) is 3.31. The molecule has 0 amide bonds. The van der Waals surface area contributed by atoms with Crippen LogP contribution in [0.4, 0.5) is 0 Å². The molecule has 10 heavy (non-hydrogen) atoms. The molecule has 0 nitrogen and oxygen atoms in total. The van der Waals surface area contributed by atoms with Crippen LogP contribution in [0.25, 0.3) is 0 Å². The van der Waals surface area contributed by atoms with Gasteiger partial charge in [-0.15, -0.1) is 0 Å². The van der Waals surface area contributed by atoms with Crippen LogP contribution in [-0.2, 0) is 0 Å². The molecule has 0 heteroatoms. The highest BCUT2D eigenvalue weighted by molar-refractivity contribution is 5.34. The highest BCUT2D eigenvalue weighted by Gasteiger charge is 2.87. The van der Waals surface area contributed by atoms with E-state index in [9.17, 15) is 0 Å². The van der Waals surface area contributed by atoms with Crippen molar-refractivity contribution in [3.63, 3.8) is 0 Å². The maximum Gasteiger partial charge on any atom is -0.0312 e. The third-order valence-electron chi connectivity index (χ3n) is 5.42. The maximum absolute atomic E-state index is 1.67. The average Bonchev–Trinajstić information content (AvgIpc) is 2.80. The minimum atomic E-state index is 1.25. The van der Waals surface area contributed by atoms with E-state index < -0.39 is 0 Å². The van der Waals surface area contributed by atoms with Crippen molar-refractivity contribution in [1.82, 2.24) is 0 Å². The Morgan fingerprint density at radius 3 is 2.10 bits per heavy atom. The molecule has 6 unspecified atom stereocenters. The van der Waals surface area contributed by atoms with Gasteiger partial charge in [0.15, 0.2) is 0 Å². The summed E-state index contributed by atoms with van der Waals surface area (Å²) < 4.78 is 0. The van der Waals surface area contributed by atoms with Gasteiger partial charge in [0.05, 0.1) is 0 Å². The van der Waals surface area contributed by atoms with Gasteiger partial charge < -0.3 is 0 Å². The molecule has 0 spiro atoms. The summed E-state index contributed by atoms with van der Waals surface area (Å²) in [5, 5.41) is 0. The van der Waals surface area contributed by atoms with Crippen LogP contribution in [0.3, 0.4) is 0 Å². The lowest BCUT2D eigenvalue weighted by Crippen LogP contribution is -2.04. The summed E-state index contributed by atoms with van der Waals surface area (Å²) in [6.45, 7) is 0. The largest absolute Gasteiger partial charge is 0.0468 e. The zero-order valence-corrected chi connectivity index (χ0v) is 6.03. The Kier molecular flexibility index (Phi) is 0.352. The zero-order valence-electron chi connectivity index (χ0n) is 6.03. The minimum Gasteiger partial charge on any atom is -0.0468 e. The van der Waals surface area contributed by atoms with E-state index >= 15 is 0 Å². The fourth-order valence-electron chi connectivity index (χ4n) is 5.04. The van der Waals surface area contributed by atoms with Gasteiger partial charge in [-0.3, -0.25) is 0 Å². The topological polar surface area (TPSA) is 0 Å². The van der Waals surface area contributed by atoms with Crippen molar-refractivity contribution < 1.29 is 0 Å².